The van der Waals surface area contributed by atoms with E-state index in [0.717, 1.165) is 22.9 Å². The van der Waals surface area contributed by atoms with E-state index in [-0.39, 0.29) is 11.7 Å². The molecular formula is C13H15FN2O. The number of amides is 1. The van der Waals surface area contributed by atoms with E-state index in [2.05, 4.69) is 10.3 Å². The molecule has 0 aliphatic rings. The molecule has 1 heterocycles. The number of fused-ring (bicyclic) bond motifs is 1. The fourth-order valence-electron chi connectivity index (χ4n) is 1.80. The fourth-order valence-corrected chi connectivity index (χ4v) is 1.80. The SMILES string of the molecule is CCCNC(=O)Cc1c[nH]c2cc(F)ccc12. The molecule has 0 aliphatic heterocycles. The van der Waals surface area contributed by atoms with Crippen LogP contribution >= 0.6 is 0 Å². The summed E-state index contributed by atoms with van der Waals surface area (Å²) >= 11 is 0. The number of nitrogens with one attached hydrogen (secondary N) is 2. The smallest absolute Gasteiger partial charge is 0.224 e. The molecule has 2 N–H and O–H groups in total. The highest BCUT2D eigenvalue weighted by Crippen LogP contribution is 2.19. The number of hydrogen-bond acceptors (Lipinski definition) is 1. The molecule has 0 saturated heterocycles. The maximum atomic E-state index is 13.0. The summed E-state index contributed by atoms with van der Waals surface area (Å²) < 4.78 is 13.0. The van der Waals surface area contributed by atoms with Gasteiger partial charge in [-0.2, -0.15) is 0 Å². The largest absolute Gasteiger partial charge is 0.361 e. The quantitative estimate of drug-likeness (QED) is 0.838. The molecular weight excluding hydrogens is 219 g/mol. The number of hydrogen-bond donors (Lipinski definition) is 2. The van der Waals surface area contributed by atoms with E-state index < -0.39 is 0 Å². The van der Waals surface area contributed by atoms with Crippen molar-refractivity contribution in [2.75, 3.05) is 6.54 Å². The number of aromatic nitrogens is 1. The summed E-state index contributed by atoms with van der Waals surface area (Å²) in [6.45, 7) is 2.70. The number of halogens is 1. The fraction of sp³-hybridized carbons (Fsp3) is 0.308. The standard InChI is InChI=1S/C13H15FN2O/c1-2-5-15-13(17)6-9-8-16-12-7-10(14)3-4-11(9)12/h3-4,7-8,16H,2,5-6H2,1H3,(H,15,17). The molecule has 0 spiro atoms. The maximum Gasteiger partial charge on any atom is 0.224 e. The van der Waals surface area contributed by atoms with Crippen molar-refractivity contribution in [3.8, 4) is 0 Å². The first-order chi connectivity index (χ1) is 8.20. The van der Waals surface area contributed by atoms with Crippen molar-refractivity contribution >= 4 is 16.8 Å². The molecule has 1 aromatic carbocycles. The topological polar surface area (TPSA) is 44.9 Å². The minimum Gasteiger partial charge on any atom is -0.361 e. The predicted molar refractivity (Wildman–Crippen MR) is 65.3 cm³/mol. The van der Waals surface area contributed by atoms with Crippen LogP contribution in [0.4, 0.5) is 4.39 Å². The van der Waals surface area contributed by atoms with Gasteiger partial charge < -0.3 is 10.3 Å². The van der Waals surface area contributed by atoms with Crippen molar-refractivity contribution in [1.29, 1.82) is 0 Å². The molecule has 90 valence electrons. The van der Waals surface area contributed by atoms with Crippen LogP contribution in [0.15, 0.2) is 24.4 Å². The van der Waals surface area contributed by atoms with Gasteiger partial charge in [0.05, 0.1) is 6.42 Å². The molecule has 17 heavy (non-hydrogen) atoms. The zero-order valence-corrected chi connectivity index (χ0v) is 9.72. The van der Waals surface area contributed by atoms with Gasteiger partial charge in [0.1, 0.15) is 5.82 Å². The first-order valence-electron chi connectivity index (χ1n) is 5.73. The van der Waals surface area contributed by atoms with E-state index in [9.17, 15) is 9.18 Å². The molecule has 3 nitrogen and oxygen atoms in total. The van der Waals surface area contributed by atoms with E-state index in [1.807, 2.05) is 6.92 Å². The van der Waals surface area contributed by atoms with Crippen LogP contribution in [-0.2, 0) is 11.2 Å². The molecule has 0 unspecified atom stereocenters. The molecule has 2 rings (SSSR count). The van der Waals surface area contributed by atoms with Gasteiger partial charge >= 0.3 is 0 Å². The second kappa shape index (κ2) is 4.99. The van der Waals surface area contributed by atoms with Crippen LogP contribution in [0.2, 0.25) is 0 Å². The Kier molecular flexibility index (Phi) is 3.42. The Hall–Kier alpha value is -1.84. The summed E-state index contributed by atoms with van der Waals surface area (Å²) in [6.07, 6.45) is 3.01. The highest BCUT2D eigenvalue weighted by atomic mass is 19.1. The van der Waals surface area contributed by atoms with Gasteiger partial charge in [0.2, 0.25) is 5.91 Å². The zero-order valence-electron chi connectivity index (χ0n) is 9.72. The Labute approximate surface area is 99.0 Å². The number of H-pyrrole nitrogens is 1. The number of aromatic amines is 1. The van der Waals surface area contributed by atoms with Gasteiger partial charge in [-0.15, -0.1) is 0 Å². The first-order valence-corrected chi connectivity index (χ1v) is 5.73. The molecule has 4 heteroatoms. The summed E-state index contributed by atoms with van der Waals surface area (Å²) in [7, 11) is 0. The lowest BCUT2D eigenvalue weighted by Crippen LogP contribution is -2.25. The Morgan fingerprint density at radius 1 is 1.47 bits per heavy atom. The van der Waals surface area contributed by atoms with Gasteiger partial charge in [-0.3, -0.25) is 4.79 Å². The molecule has 0 saturated carbocycles. The molecule has 2 aromatic rings. The van der Waals surface area contributed by atoms with Gasteiger partial charge in [-0.05, 0) is 30.2 Å². The normalized spacial score (nSPS) is 10.7. The highest BCUT2D eigenvalue weighted by Gasteiger charge is 2.08. The lowest BCUT2D eigenvalue weighted by atomic mass is 10.1. The first kappa shape index (κ1) is 11.6. The van der Waals surface area contributed by atoms with Crippen LogP contribution in [0.5, 0.6) is 0 Å². The third-order valence-electron chi connectivity index (χ3n) is 2.65. The van der Waals surface area contributed by atoms with Gasteiger partial charge in [0.25, 0.3) is 0 Å². The van der Waals surface area contributed by atoms with Crippen molar-refractivity contribution in [3.63, 3.8) is 0 Å². The van der Waals surface area contributed by atoms with Crippen molar-refractivity contribution < 1.29 is 9.18 Å². The van der Waals surface area contributed by atoms with E-state index >= 15 is 0 Å². The lowest BCUT2D eigenvalue weighted by Gasteiger charge is -2.02. The molecule has 0 aliphatic carbocycles. The second-order valence-corrected chi connectivity index (χ2v) is 4.03. The van der Waals surface area contributed by atoms with Crippen LogP contribution in [-0.4, -0.2) is 17.4 Å². The number of carbonyl (C=O) groups excluding carboxylic acids is 1. The molecule has 1 aromatic heterocycles. The van der Waals surface area contributed by atoms with Crippen LogP contribution in [0.1, 0.15) is 18.9 Å². The minimum absolute atomic E-state index is 0.00271. The van der Waals surface area contributed by atoms with Crippen molar-refractivity contribution in [1.82, 2.24) is 10.3 Å². The molecule has 0 bridgehead atoms. The number of rotatable bonds is 4. The third kappa shape index (κ3) is 2.64. The third-order valence-corrected chi connectivity index (χ3v) is 2.65. The average molecular weight is 234 g/mol. The van der Waals surface area contributed by atoms with Gasteiger partial charge in [0, 0.05) is 23.6 Å². The lowest BCUT2D eigenvalue weighted by molar-refractivity contribution is -0.120. The van der Waals surface area contributed by atoms with E-state index in [1.165, 1.54) is 12.1 Å². The Bertz CT molecular complexity index is 533. The summed E-state index contributed by atoms with van der Waals surface area (Å²) in [5, 5.41) is 3.72. The molecule has 0 fully saturated rings. The van der Waals surface area contributed by atoms with Crippen LogP contribution in [0.25, 0.3) is 10.9 Å². The number of benzene rings is 1. The Morgan fingerprint density at radius 2 is 2.29 bits per heavy atom. The van der Waals surface area contributed by atoms with E-state index in [0.29, 0.717) is 13.0 Å². The molecule has 0 radical (unpaired) electrons. The summed E-state index contributed by atoms with van der Waals surface area (Å²) in [5.74, 6) is -0.279. The highest BCUT2D eigenvalue weighted by molar-refractivity contribution is 5.88. The maximum absolute atomic E-state index is 13.0. The minimum atomic E-state index is -0.277. The van der Waals surface area contributed by atoms with Crippen LogP contribution in [0.3, 0.4) is 0 Å². The number of carbonyl (C=O) groups is 1. The summed E-state index contributed by atoms with van der Waals surface area (Å²) in [5.41, 5.74) is 1.62. The average Bonchev–Trinajstić information content (AvgIpc) is 2.69. The second-order valence-electron chi connectivity index (χ2n) is 4.03. The Morgan fingerprint density at radius 3 is 3.06 bits per heavy atom. The van der Waals surface area contributed by atoms with Crippen molar-refractivity contribution in [2.24, 2.45) is 0 Å². The van der Waals surface area contributed by atoms with E-state index in [4.69, 9.17) is 0 Å². The van der Waals surface area contributed by atoms with Gasteiger partial charge in [-0.25, -0.2) is 4.39 Å². The predicted octanol–water partition coefficient (Wildman–Crippen LogP) is 2.38. The van der Waals surface area contributed by atoms with Crippen LogP contribution in [0, 0.1) is 5.82 Å². The Balaban J connectivity index is 2.16. The van der Waals surface area contributed by atoms with Crippen molar-refractivity contribution in [2.45, 2.75) is 19.8 Å². The summed E-state index contributed by atoms with van der Waals surface area (Å²) in [6, 6.07) is 4.54. The monoisotopic (exact) mass is 234 g/mol. The van der Waals surface area contributed by atoms with Crippen LogP contribution < -0.4 is 5.32 Å². The molecule has 0 atom stereocenters. The van der Waals surface area contributed by atoms with Gasteiger partial charge in [0.15, 0.2) is 0 Å². The van der Waals surface area contributed by atoms with Crippen molar-refractivity contribution in [3.05, 3.63) is 35.8 Å². The zero-order chi connectivity index (χ0) is 12.3. The summed E-state index contributed by atoms with van der Waals surface area (Å²) in [4.78, 5) is 14.6. The van der Waals surface area contributed by atoms with E-state index in [1.54, 1.807) is 12.3 Å². The molecule has 1 amide bonds. The van der Waals surface area contributed by atoms with Gasteiger partial charge in [-0.1, -0.05) is 6.92 Å².